The number of ether oxygens (including phenoxy) is 1. The fraction of sp³-hybridized carbons (Fsp3) is 0.419. The number of nitrogens with two attached hydrogens (primary N) is 1. The smallest absolute Gasteiger partial charge is 0.224 e. The van der Waals surface area contributed by atoms with Gasteiger partial charge < -0.3 is 19.9 Å². The van der Waals surface area contributed by atoms with Crippen LogP contribution in [0.1, 0.15) is 44.9 Å². The van der Waals surface area contributed by atoms with E-state index in [0.29, 0.717) is 32.1 Å². The highest BCUT2D eigenvalue weighted by Crippen LogP contribution is 2.52. The molecule has 10 heteroatoms. The molecule has 214 valence electrons. The molecule has 1 amide bonds. The van der Waals surface area contributed by atoms with Crippen LogP contribution in [-0.4, -0.2) is 61.2 Å². The van der Waals surface area contributed by atoms with Gasteiger partial charge >= 0.3 is 0 Å². The van der Waals surface area contributed by atoms with Crippen LogP contribution in [0.15, 0.2) is 60.9 Å². The van der Waals surface area contributed by atoms with Gasteiger partial charge in [-0.3, -0.25) is 9.00 Å². The summed E-state index contributed by atoms with van der Waals surface area (Å²) in [5.41, 5.74) is 8.44. The van der Waals surface area contributed by atoms with Crippen LogP contribution in [0.25, 0.3) is 22.4 Å². The second-order valence-corrected chi connectivity index (χ2v) is 13.6. The molecule has 1 aromatic carbocycles. The molecule has 2 atom stereocenters. The SMILES string of the molecule is C[C@@H]1COCCN1c1cc(C2([S@](=O)CC(C)(C)C(N)=O)CC2)nc(-c2ccnc3c2ccn3Cc2ccccc2)n1. The van der Waals surface area contributed by atoms with Gasteiger partial charge in [0.15, 0.2) is 5.82 Å². The summed E-state index contributed by atoms with van der Waals surface area (Å²) in [7, 11) is -1.34. The molecule has 1 aliphatic heterocycles. The predicted molar refractivity (Wildman–Crippen MR) is 161 cm³/mol. The maximum atomic E-state index is 13.8. The largest absolute Gasteiger partial charge is 0.377 e. The maximum Gasteiger partial charge on any atom is 0.224 e. The van der Waals surface area contributed by atoms with E-state index >= 15 is 0 Å². The molecule has 9 nitrogen and oxygen atoms in total. The summed E-state index contributed by atoms with van der Waals surface area (Å²) in [5.74, 6) is 1.12. The van der Waals surface area contributed by atoms with Crippen LogP contribution in [0.3, 0.4) is 0 Å². The molecule has 3 aromatic heterocycles. The number of benzene rings is 1. The molecule has 1 saturated heterocycles. The average Bonchev–Trinajstić information content (AvgIpc) is 3.69. The van der Waals surface area contributed by atoms with E-state index in [2.05, 4.69) is 34.6 Å². The Kier molecular flexibility index (Phi) is 7.15. The molecule has 4 heterocycles. The second kappa shape index (κ2) is 10.6. The zero-order valence-corrected chi connectivity index (χ0v) is 24.6. The zero-order valence-electron chi connectivity index (χ0n) is 23.7. The minimum Gasteiger partial charge on any atom is -0.377 e. The van der Waals surface area contributed by atoms with E-state index in [-0.39, 0.29) is 11.8 Å². The highest BCUT2D eigenvalue weighted by molar-refractivity contribution is 7.86. The first-order valence-corrected chi connectivity index (χ1v) is 15.4. The van der Waals surface area contributed by atoms with Crippen molar-refractivity contribution in [2.45, 2.75) is 50.9 Å². The molecule has 0 radical (unpaired) electrons. The average molecular weight is 573 g/mol. The Morgan fingerprint density at radius 3 is 2.66 bits per heavy atom. The van der Waals surface area contributed by atoms with Gasteiger partial charge in [-0.15, -0.1) is 0 Å². The second-order valence-electron chi connectivity index (χ2n) is 11.8. The number of rotatable bonds is 9. The van der Waals surface area contributed by atoms with Gasteiger partial charge in [-0.2, -0.15) is 0 Å². The standard InChI is InChI=1S/C31H36N6O3S/c1-21-19-40-16-15-37(21)26-17-25(31(11-12-31)41(39)20-30(2,3)29(32)38)34-27(35-26)23-9-13-33-28-24(23)10-14-36(28)18-22-7-5-4-6-8-22/h4-10,13-14,17,21H,11-12,15-16,18-20H2,1-3H3,(H2,32,38)/t21-,41-/m1/s1. The lowest BCUT2D eigenvalue weighted by molar-refractivity contribution is -0.124. The van der Waals surface area contributed by atoms with E-state index in [0.717, 1.165) is 41.0 Å². The molecule has 1 saturated carbocycles. The van der Waals surface area contributed by atoms with Gasteiger partial charge in [0.25, 0.3) is 0 Å². The summed E-state index contributed by atoms with van der Waals surface area (Å²) in [6.45, 7) is 8.27. The molecule has 0 spiro atoms. The number of fused-ring (bicyclic) bond motifs is 1. The van der Waals surface area contributed by atoms with Crippen molar-refractivity contribution in [2.24, 2.45) is 11.1 Å². The molecule has 0 unspecified atom stereocenters. The molecule has 2 aliphatic rings. The van der Waals surface area contributed by atoms with Gasteiger partial charge in [0, 0.05) is 59.1 Å². The lowest BCUT2D eigenvalue weighted by atomic mass is 9.96. The number of pyridine rings is 1. The fourth-order valence-corrected chi connectivity index (χ4v) is 7.42. The van der Waals surface area contributed by atoms with Crippen molar-refractivity contribution in [3.63, 3.8) is 0 Å². The predicted octanol–water partition coefficient (Wildman–Crippen LogP) is 4.02. The van der Waals surface area contributed by atoms with E-state index in [1.54, 1.807) is 20.0 Å². The van der Waals surface area contributed by atoms with Gasteiger partial charge in [-0.25, -0.2) is 15.0 Å². The quantitative estimate of drug-likeness (QED) is 0.322. The number of morpholine rings is 1. The number of carbonyl (C=O) groups is 1. The molecule has 2 fully saturated rings. The Morgan fingerprint density at radius 1 is 1.17 bits per heavy atom. The number of hydrogen-bond donors (Lipinski definition) is 1. The highest BCUT2D eigenvalue weighted by Gasteiger charge is 2.53. The Bertz CT molecular complexity index is 1610. The van der Waals surface area contributed by atoms with E-state index < -0.39 is 26.9 Å². The third kappa shape index (κ3) is 5.26. The van der Waals surface area contributed by atoms with Gasteiger partial charge in [0.05, 0.1) is 35.1 Å². The Labute approximate surface area is 242 Å². The van der Waals surface area contributed by atoms with Gasteiger partial charge in [0.1, 0.15) is 11.5 Å². The van der Waals surface area contributed by atoms with Gasteiger partial charge in [-0.1, -0.05) is 44.2 Å². The number of amides is 1. The van der Waals surface area contributed by atoms with E-state index in [1.165, 1.54) is 5.56 Å². The van der Waals surface area contributed by atoms with Crippen molar-refractivity contribution in [1.82, 2.24) is 19.5 Å². The molecule has 41 heavy (non-hydrogen) atoms. The number of aromatic nitrogens is 4. The summed E-state index contributed by atoms with van der Waals surface area (Å²) in [6, 6.07) is 16.4. The molecular formula is C31H36N6O3S. The minimum absolute atomic E-state index is 0.137. The number of hydrogen-bond acceptors (Lipinski definition) is 7. The van der Waals surface area contributed by atoms with E-state index in [4.69, 9.17) is 25.4 Å². The first kappa shape index (κ1) is 27.5. The van der Waals surface area contributed by atoms with Crippen LogP contribution in [0.5, 0.6) is 0 Å². The summed E-state index contributed by atoms with van der Waals surface area (Å²) in [4.78, 5) is 29.2. The summed E-state index contributed by atoms with van der Waals surface area (Å²) in [5, 5.41) is 0.961. The number of nitrogens with zero attached hydrogens (tertiary/aromatic N) is 5. The normalized spacial score (nSPS) is 19.3. The van der Waals surface area contributed by atoms with Gasteiger partial charge in [-0.05, 0) is 37.5 Å². The van der Waals surface area contributed by atoms with Crippen molar-refractivity contribution in [2.75, 3.05) is 30.4 Å². The number of primary amides is 1. The fourth-order valence-electron chi connectivity index (χ4n) is 5.45. The zero-order chi connectivity index (χ0) is 28.8. The van der Waals surface area contributed by atoms with Crippen LogP contribution in [0.4, 0.5) is 5.82 Å². The van der Waals surface area contributed by atoms with Gasteiger partial charge in [0.2, 0.25) is 5.91 Å². The monoisotopic (exact) mass is 572 g/mol. The summed E-state index contributed by atoms with van der Waals surface area (Å²) < 4.78 is 21.0. The Hall–Kier alpha value is -3.63. The Balaban J connectivity index is 1.44. The first-order chi connectivity index (χ1) is 19.7. The van der Waals surface area contributed by atoms with Crippen molar-refractivity contribution >= 4 is 33.6 Å². The van der Waals surface area contributed by atoms with Crippen molar-refractivity contribution < 1.29 is 13.7 Å². The minimum atomic E-state index is -1.34. The van der Waals surface area contributed by atoms with Crippen LogP contribution in [-0.2, 0) is 31.6 Å². The number of anilines is 1. The van der Waals surface area contributed by atoms with E-state index in [1.807, 2.05) is 36.5 Å². The highest BCUT2D eigenvalue weighted by atomic mass is 32.2. The van der Waals surface area contributed by atoms with E-state index in [9.17, 15) is 9.00 Å². The first-order valence-electron chi connectivity index (χ1n) is 14.1. The lowest BCUT2D eigenvalue weighted by Crippen LogP contribution is -2.44. The topological polar surface area (TPSA) is 116 Å². The molecule has 0 bridgehead atoms. The van der Waals surface area contributed by atoms with Crippen molar-refractivity contribution in [3.05, 3.63) is 72.2 Å². The molecule has 4 aromatic rings. The van der Waals surface area contributed by atoms with Crippen LogP contribution in [0.2, 0.25) is 0 Å². The summed E-state index contributed by atoms with van der Waals surface area (Å²) in [6.07, 6.45) is 5.32. The van der Waals surface area contributed by atoms with Crippen molar-refractivity contribution in [3.8, 4) is 11.4 Å². The Morgan fingerprint density at radius 2 is 1.95 bits per heavy atom. The third-order valence-corrected chi connectivity index (χ3v) is 10.7. The maximum absolute atomic E-state index is 13.8. The van der Waals surface area contributed by atoms with Crippen LogP contribution in [0, 0.1) is 5.41 Å². The summed E-state index contributed by atoms with van der Waals surface area (Å²) >= 11 is 0. The lowest BCUT2D eigenvalue weighted by Gasteiger charge is -2.35. The molecular weight excluding hydrogens is 536 g/mol. The van der Waals surface area contributed by atoms with Crippen LogP contribution >= 0.6 is 0 Å². The molecule has 1 aliphatic carbocycles. The van der Waals surface area contributed by atoms with Crippen LogP contribution < -0.4 is 10.6 Å². The molecule has 6 rings (SSSR count). The number of carbonyl (C=O) groups excluding carboxylic acids is 1. The third-order valence-electron chi connectivity index (χ3n) is 8.24. The van der Waals surface area contributed by atoms with Crippen molar-refractivity contribution in [1.29, 1.82) is 0 Å². The molecule has 2 N–H and O–H groups in total.